The van der Waals surface area contributed by atoms with Gasteiger partial charge in [0.1, 0.15) is 11.5 Å². The van der Waals surface area contributed by atoms with Gasteiger partial charge in [-0.15, -0.1) is 0 Å². The van der Waals surface area contributed by atoms with E-state index in [9.17, 15) is 9.59 Å². The number of methoxy groups -OCH3 is 2. The number of furan rings is 1. The van der Waals surface area contributed by atoms with Crippen molar-refractivity contribution in [3.05, 3.63) is 132 Å². The number of rotatable bonds is 8. The molecule has 0 bridgehead atoms. The zero-order valence-electron chi connectivity index (χ0n) is 24.1. The summed E-state index contributed by atoms with van der Waals surface area (Å²) in [5.74, 6) is 1.61. The standard InChI is InChI=1S/C34H27BrN2O6S/c1-4-42-33(39)29-30(20-9-6-5-7-10-20)36-34-37(31(29)22-13-15-26(40-2)27(18-22)41-3)32(38)28(44-34)19-24-14-16-25(43-24)21-11-8-12-23(35)17-21/h5-19,31H,4H2,1-3H3/b28-19-/t31-/m0/s1. The summed E-state index contributed by atoms with van der Waals surface area (Å²) in [5.41, 5.74) is 2.63. The molecule has 222 valence electrons. The van der Waals surface area contributed by atoms with Gasteiger partial charge in [0.25, 0.3) is 5.56 Å². The number of hydrogen-bond acceptors (Lipinski definition) is 8. The van der Waals surface area contributed by atoms with Crippen LogP contribution in [0, 0.1) is 0 Å². The van der Waals surface area contributed by atoms with E-state index in [1.165, 1.54) is 23.0 Å². The van der Waals surface area contributed by atoms with Crippen LogP contribution in [0.25, 0.3) is 23.1 Å². The highest BCUT2D eigenvalue weighted by molar-refractivity contribution is 9.10. The fraction of sp³-hybridized carbons (Fsp3) is 0.147. The Bertz CT molecular complexity index is 2080. The van der Waals surface area contributed by atoms with E-state index in [1.54, 1.807) is 32.2 Å². The maximum Gasteiger partial charge on any atom is 0.338 e. The Hall–Kier alpha value is -4.67. The number of aromatic nitrogens is 1. The Kier molecular flexibility index (Phi) is 8.36. The first kappa shape index (κ1) is 29.4. The summed E-state index contributed by atoms with van der Waals surface area (Å²) in [6, 6.07) is 25.4. The lowest BCUT2D eigenvalue weighted by Crippen LogP contribution is -2.40. The molecule has 0 spiro atoms. The van der Waals surface area contributed by atoms with Crippen LogP contribution >= 0.6 is 27.3 Å². The van der Waals surface area contributed by atoms with Crippen molar-refractivity contribution < 1.29 is 23.4 Å². The summed E-state index contributed by atoms with van der Waals surface area (Å²) in [7, 11) is 3.09. The molecule has 10 heteroatoms. The second-order valence-electron chi connectivity index (χ2n) is 9.76. The molecule has 2 aromatic heterocycles. The molecule has 0 amide bonds. The SMILES string of the molecule is CCOC(=O)C1=C(c2ccccc2)N=c2s/c(=C\c3ccc(-c4cccc(Br)c4)o3)c(=O)n2[C@H]1c1ccc(OC)c(OC)c1. The lowest BCUT2D eigenvalue weighted by Gasteiger charge is -2.26. The van der Waals surface area contributed by atoms with Crippen molar-refractivity contribution in [3.63, 3.8) is 0 Å². The Morgan fingerprint density at radius 3 is 2.48 bits per heavy atom. The lowest BCUT2D eigenvalue weighted by molar-refractivity contribution is -0.138. The maximum absolute atomic E-state index is 14.2. The molecule has 3 aromatic carbocycles. The Labute approximate surface area is 265 Å². The molecule has 0 unspecified atom stereocenters. The van der Waals surface area contributed by atoms with Crippen LogP contribution in [0.4, 0.5) is 0 Å². The molecule has 1 aliphatic heterocycles. The molecule has 1 aliphatic rings. The predicted octanol–water partition coefficient (Wildman–Crippen LogP) is 5.98. The van der Waals surface area contributed by atoms with E-state index in [2.05, 4.69) is 15.9 Å². The number of carbonyl (C=O) groups excluding carboxylic acids is 1. The van der Waals surface area contributed by atoms with Crippen molar-refractivity contribution in [1.29, 1.82) is 0 Å². The number of ether oxygens (including phenoxy) is 3. The first-order chi connectivity index (χ1) is 21.4. The minimum Gasteiger partial charge on any atom is -0.493 e. The Balaban J connectivity index is 1.58. The monoisotopic (exact) mass is 670 g/mol. The van der Waals surface area contributed by atoms with E-state index >= 15 is 0 Å². The second kappa shape index (κ2) is 12.5. The Morgan fingerprint density at radius 1 is 0.977 bits per heavy atom. The van der Waals surface area contributed by atoms with Crippen LogP contribution in [0.15, 0.2) is 109 Å². The molecule has 0 saturated heterocycles. The third-order valence-corrected chi connectivity index (χ3v) is 8.58. The summed E-state index contributed by atoms with van der Waals surface area (Å²) in [4.78, 5) is 33.2. The van der Waals surface area contributed by atoms with Gasteiger partial charge >= 0.3 is 5.97 Å². The number of halogens is 1. The lowest BCUT2D eigenvalue weighted by atomic mass is 9.93. The van der Waals surface area contributed by atoms with E-state index in [1.807, 2.05) is 72.8 Å². The summed E-state index contributed by atoms with van der Waals surface area (Å²) >= 11 is 4.72. The number of esters is 1. The number of thiazole rings is 1. The molecule has 3 heterocycles. The van der Waals surface area contributed by atoms with Gasteiger partial charge in [-0.3, -0.25) is 9.36 Å². The molecule has 44 heavy (non-hydrogen) atoms. The number of nitrogens with zero attached hydrogens (tertiary/aromatic N) is 2. The summed E-state index contributed by atoms with van der Waals surface area (Å²) < 4.78 is 25.6. The largest absolute Gasteiger partial charge is 0.493 e. The quantitative estimate of drug-likeness (QED) is 0.189. The van der Waals surface area contributed by atoms with Crippen molar-refractivity contribution in [2.24, 2.45) is 4.99 Å². The highest BCUT2D eigenvalue weighted by Crippen LogP contribution is 2.38. The number of fused-ring (bicyclic) bond motifs is 1. The van der Waals surface area contributed by atoms with Gasteiger partial charge in [-0.05, 0) is 48.9 Å². The van der Waals surface area contributed by atoms with Gasteiger partial charge in [0.2, 0.25) is 0 Å². The molecule has 6 rings (SSSR count). The fourth-order valence-corrected chi connectivity index (χ4v) is 6.52. The topological polar surface area (TPSA) is 92.3 Å². The molecule has 0 N–H and O–H groups in total. The van der Waals surface area contributed by atoms with Crippen LogP contribution in [0.3, 0.4) is 0 Å². The molecule has 0 saturated carbocycles. The van der Waals surface area contributed by atoms with Gasteiger partial charge in [-0.1, -0.05) is 75.8 Å². The molecule has 1 atom stereocenters. The smallest absolute Gasteiger partial charge is 0.338 e. The van der Waals surface area contributed by atoms with Crippen LogP contribution in [0.1, 0.15) is 29.9 Å². The van der Waals surface area contributed by atoms with Gasteiger partial charge in [-0.2, -0.15) is 0 Å². The van der Waals surface area contributed by atoms with Crippen molar-refractivity contribution >= 4 is 45.0 Å². The van der Waals surface area contributed by atoms with Crippen molar-refractivity contribution in [2.75, 3.05) is 20.8 Å². The van der Waals surface area contributed by atoms with Crippen molar-refractivity contribution in [2.45, 2.75) is 13.0 Å². The minimum absolute atomic E-state index is 0.159. The third-order valence-electron chi connectivity index (χ3n) is 7.11. The molecular formula is C34H27BrN2O6S. The third kappa shape index (κ3) is 5.54. The summed E-state index contributed by atoms with van der Waals surface area (Å²) in [6.45, 7) is 1.90. The van der Waals surface area contributed by atoms with Crippen LogP contribution in [0.2, 0.25) is 0 Å². The minimum atomic E-state index is -0.851. The molecule has 0 radical (unpaired) electrons. The number of hydrogen-bond donors (Lipinski definition) is 0. The summed E-state index contributed by atoms with van der Waals surface area (Å²) in [6.07, 6.45) is 1.70. The van der Waals surface area contributed by atoms with E-state index < -0.39 is 12.0 Å². The van der Waals surface area contributed by atoms with E-state index in [0.29, 0.717) is 43.6 Å². The highest BCUT2D eigenvalue weighted by atomic mass is 79.9. The number of benzene rings is 3. The van der Waals surface area contributed by atoms with Crippen LogP contribution in [-0.2, 0) is 9.53 Å². The zero-order valence-corrected chi connectivity index (χ0v) is 26.5. The van der Waals surface area contributed by atoms with Gasteiger partial charge < -0.3 is 18.6 Å². The average Bonchev–Trinajstić information content (AvgIpc) is 3.64. The summed E-state index contributed by atoms with van der Waals surface area (Å²) in [5, 5.41) is 0. The maximum atomic E-state index is 14.2. The highest BCUT2D eigenvalue weighted by Gasteiger charge is 2.35. The fourth-order valence-electron chi connectivity index (χ4n) is 5.14. The normalized spacial score (nSPS) is 14.6. The molecule has 5 aromatic rings. The predicted molar refractivity (Wildman–Crippen MR) is 172 cm³/mol. The van der Waals surface area contributed by atoms with Crippen LogP contribution in [0.5, 0.6) is 11.5 Å². The number of carbonyl (C=O) groups is 1. The van der Waals surface area contributed by atoms with Gasteiger partial charge in [0, 0.05) is 21.7 Å². The van der Waals surface area contributed by atoms with Crippen LogP contribution in [-0.4, -0.2) is 31.4 Å². The van der Waals surface area contributed by atoms with E-state index in [4.69, 9.17) is 23.6 Å². The molecular weight excluding hydrogens is 644 g/mol. The Morgan fingerprint density at radius 2 is 1.75 bits per heavy atom. The second-order valence-corrected chi connectivity index (χ2v) is 11.7. The van der Waals surface area contributed by atoms with Crippen molar-refractivity contribution in [3.8, 4) is 22.8 Å². The first-order valence-electron chi connectivity index (χ1n) is 13.8. The van der Waals surface area contributed by atoms with E-state index in [-0.39, 0.29) is 17.7 Å². The molecule has 8 nitrogen and oxygen atoms in total. The van der Waals surface area contributed by atoms with Crippen molar-refractivity contribution in [1.82, 2.24) is 4.57 Å². The first-order valence-corrected chi connectivity index (χ1v) is 15.4. The zero-order chi connectivity index (χ0) is 30.8. The molecule has 0 fully saturated rings. The van der Waals surface area contributed by atoms with E-state index in [0.717, 1.165) is 15.6 Å². The van der Waals surface area contributed by atoms with Gasteiger partial charge in [0.15, 0.2) is 16.3 Å². The molecule has 0 aliphatic carbocycles. The average molecular weight is 672 g/mol. The van der Waals surface area contributed by atoms with Gasteiger partial charge in [-0.25, -0.2) is 9.79 Å². The van der Waals surface area contributed by atoms with Gasteiger partial charge in [0.05, 0.1) is 42.7 Å². The van der Waals surface area contributed by atoms with Crippen LogP contribution < -0.4 is 24.4 Å².